The van der Waals surface area contributed by atoms with E-state index in [0.29, 0.717) is 0 Å². The SMILES string of the molecule is CC1(C)SC2N(C(=O)C3CC4c5ccccc5C32c2ccccc24)C1C(=O)O. The van der Waals surface area contributed by atoms with E-state index < -0.39 is 22.2 Å². The molecule has 2 bridgehead atoms. The number of carboxylic acid groups (broad SMARTS) is 1. The summed E-state index contributed by atoms with van der Waals surface area (Å²) in [6.07, 6.45) is 0.771. The van der Waals surface area contributed by atoms with Crippen molar-refractivity contribution >= 4 is 23.6 Å². The Morgan fingerprint density at radius 1 is 1.07 bits per heavy atom. The molecular weight excluding hydrogens is 370 g/mol. The number of nitrogens with zero attached hydrogens (tertiary/aromatic N) is 1. The molecule has 2 heterocycles. The van der Waals surface area contributed by atoms with Gasteiger partial charge in [-0.05, 0) is 42.5 Å². The number of carbonyl (C=O) groups is 2. The fourth-order valence-corrected chi connectivity index (χ4v) is 8.35. The molecule has 0 aromatic heterocycles. The summed E-state index contributed by atoms with van der Waals surface area (Å²) in [6.45, 7) is 3.92. The lowest BCUT2D eigenvalue weighted by Gasteiger charge is -2.52. The van der Waals surface area contributed by atoms with Crippen molar-refractivity contribution in [3.63, 3.8) is 0 Å². The minimum Gasteiger partial charge on any atom is -0.480 e. The summed E-state index contributed by atoms with van der Waals surface area (Å²) >= 11 is 1.66. The normalized spacial score (nSPS) is 35.9. The summed E-state index contributed by atoms with van der Waals surface area (Å²) in [6, 6.07) is 16.2. The molecule has 28 heavy (non-hydrogen) atoms. The third kappa shape index (κ3) is 1.63. The van der Waals surface area contributed by atoms with Crippen LogP contribution in [0.25, 0.3) is 0 Å². The summed E-state index contributed by atoms with van der Waals surface area (Å²) in [5, 5.41) is 9.81. The Balaban J connectivity index is 1.69. The standard InChI is InChI=1S/C23H21NO3S/c1-22(2)18(20(26)27)24-19(25)17-11-14-12-7-3-5-9-15(12)23(17,21(24)28-22)16-10-6-4-8-13(14)16/h3-10,14,17-18,21H,11H2,1-2H3,(H,26,27). The molecule has 5 aliphatic rings. The molecule has 2 aromatic carbocycles. The van der Waals surface area contributed by atoms with E-state index in [1.54, 1.807) is 16.7 Å². The minimum atomic E-state index is -0.903. The molecular formula is C23H21NO3S. The smallest absolute Gasteiger partial charge is 0.327 e. The van der Waals surface area contributed by atoms with Gasteiger partial charge in [0.25, 0.3) is 0 Å². The highest BCUT2D eigenvalue weighted by molar-refractivity contribution is 8.01. The summed E-state index contributed by atoms with van der Waals surface area (Å²) in [5.74, 6) is -0.855. The topological polar surface area (TPSA) is 57.6 Å². The maximum Gasteiger partial charge on any atom is 0.327 e. The molecule has 1 amide bonds. The number of benzene rings is 2. The lowest BCUT2D eigenvalue weighted by Crippen LogP contribution is -2.50. The Kier molecular flexibility index (Phi) is 2.98. The zero-order valence-corrected chi connectivity index (χ0v) is 16.6. The van der Waals surface area contributed by atoms with Gasteiger partial charge in [0.2, 0.25) is 5.91 Å². The third-order valence-electron chi connectivity index (χ3n) is 7.37. The summed E-state index contributed by atoms with van der Waals surface area (Å²) < 4.78 is -0.538. The Hall–Kier alpha value is -2.27. The first-order valence-electron chi connectivity index (χ1n) is 9.80. The second-order valence-electron chi connectivity index (χ2n) is 8.94. The third-order valence-corrected chi connectivity index (χ3v) is 9.02. The molecule has 0 radical (unpaired) electrons. The molecule has 0 saturated carbocycles. The number of carboxylic acids is 1. The number of rotatable bonds is 1. The monoisotopic (exact) mass is 391 g/mol. The molecule has 1 spiro atoms. The van der Waals surface area contributed by atoms with Gasteiger partial charge in [-0.1, -0.05) is 48.5 Å². The Bertz CT molecular complexity index is 1010. The summed E-state index contributed by atoms with van der Waals surface area (Å²) in [5.41, 5.74) is 4.61. The second-order valence-corrected chi connectivity index (χ2v) is 10.7. The van der Waals surface area contributed by atoms with Gasteiger partial charge in [0.05, 0.1) is 16.7 Å². The van der Waals surface area contributed by atoms with Crippen LogP contribution in [0.3, 0.4) is 0 Å². The van der Waals surface area contributed by atoms with Gasteiger partial charge in [0.15, 0.2) is 0 Å². The van der Waals surface area contributed by atoms with Gasteiger partial charge in [-0.15, -0.1) is 11.8 Å². The minimum absolute atomic E-state index is 0.0180. The van der Waals surface area contributed by atoms with Crippen LogP contribution in [-0.2, 0) is 15.0 Å². The number of fused-ring (bicyclic) bond motifs is 1. The molecule has 1 N–H and O–H groups in total. The van der Waals surface area contributed by atoms with E-state index >= 15 is 0 Å². The van der Waals surface area contributed by atoms with E-state index in [1.807, 2.05) is 13.8 Å². The first-order chi connectivity index (χ1) is 13.4. The molecule has 142 valence electrons. The Morgan fingerprint density at radius 3 is 2.21 bits per heavy atom. The van der Waals surface area contributed by atoms with Crippen LogP contribution in [0, 0.1) is 5.92 Å². The highest BCUT2D eigenvalue weighted by Gasteiger charge is 2.73. The van der Waals surface area contributed by atoms with Crippen LogP contribution in [0.15, 0.2) is 48.5 Å². The average Bonchev–Trinajstić information content (AvgIpc) is 3.10. The van der Waals surface area contributed by atoms with Gasteiger partial charge < -0.3 is 10.0 Å². The van der Waals surface area contributed by atoms with E-state index in [1.165, 1.54) is 22.3 Å². The van der Waals surface area contributed by atoms with Gasteiger partial charge in [-0.25, -0.2) is 4.79 Å². The highest BCUT2D eigenvalue weighted by atomic mass is 32.2. The number of hydrogen-bond acceptors (Lipinski definition) is 3. The fraction of sp³-hybridized carbons (Fsp3) is 0.391. The Morgan fingerprint density at radius 2 is 1.64 bits per heavy atom. The second kappa shape index (κ2) is 5.01. The summed E-state index contributed by atoms with van der Waals surface area (Å²) in [7, 11) is 0. The highest BCUT2D eigenvalue weighted by Crippen LogP contribution is 2.69. The number of carbonyl (C=O) groups excluding carboxylic acids is 1. The van der Waals surface area contributed by atoms with Crippen molar-refractivity contribution in [3.05, 3.63) is 70.8 Å². The van der Waals surface area contributed by atoms with Crippen molar-refractivity contribution in [2.45, 2.75) is 47.8 Å². The number of amides is 1. The van der Waals surface area contributed by atoms with Crippen LogP contribution in [0.4, 0.5) is 0 Å². The molecule has 5 heteroatoms. The maximum atomic E-state index is 13.7. The Labute approximate surface area is 167 Å². The maximum absolute atomic E-state index is 13.7. The first kappa shape index (κ1) is 16.7. The van der Waals surface area contributed by atoms with Crippen LogP contribution in [0.1, 0.15) is 48.4 Å². The zero-order valence-electron chi connectivity index (χ0n) is 15.8. The van der Waals surface area contributed by atoms with Crippen molar-refractivity contribution in [1.29, 1.82) is 0 Å². The molecule has 3 atom stereocenters. The van der Waals surface area contributed by atoms with Gasteiger partial charge >= 0.3 is 5.97 Å². The molecule has 2 aliphatic heterocycles. The number of aliphatic carboxylic acids is 1. The molecule has 7 rings (SSSR count). The van der Waals surface area contributed by atoms with Crippen molar-refractivity contribution in [2.75, 3.05) is 0 Å². The molecule has 2 fully saturated rings. The molecule has 2 aromatic rings. The quantitative estimate of drug-likeness (QED) is 0.807. The molecule has 3 unspecified atom stereocenters. The van der Waals surface area contributed by atoms with Crippen molar-refractivity contribution in [3.8, 4) is 0 Å². The lowest BCUT2D eigenvalue weighted by atomic mass is 9.51. The number of thioether (sulfide) groups is 1. The van der Waals surface area contributed by atoms with E-state index in [9.17, 15) is 14.7 Å². The van der Waals surface area contributed by atoms with Gasteiger partial charge in [0, 0.05) is 10.7 Å². The molecule has 2 saturated heterocycles. The molecule has 4 nitrogen and oxygen atoms in total. The van der Waals surface area contributed by atoms with Crippen molar-refractivity contribution in [2.24, 2.45) is 5.92 Å². The largest absolute Gasteiger partial charge is 0.480 e. The van der Waals surface area contributed by atoms with E-state index in [0.717, 1.165) is 6.42 Å². The van der Waals surface area contributed by atoms with Crippen LogP contribution in [0.2, 0.25) is 0 Å². The predicted molar refractivity (Wildman–Crippen MR) is 107 cm³/mol. The van der Waals surface area contributed by atoms with E-state index in [2.05, 4.69) is 48.5 Å². The summed E-state index contributed by atoms with van der Waals surface area (Å²) in [4.78, 5) is 27.6. The lowest BCUT2D eigenvalue weighted by molar-refractivity contribution is -0.149. The first-order valence-corrected chi connectivity index (χ1v) is 10.7. The van der Waals surface area contributed by atoms with Gasteiger partial charge in [-0.3, -0.25) is 4.79 Å². The van der Waals surface area contributed by atoms with Crippen LogP contribution in [-0.4, -0.2) is 38.0 Å². The number of hydrogen-bond donors (Lipinski definition) is 1. The average molecular weight is 391 g/mol. The predicted octanol–water partition coefficient (Wildman–Crippen LogP) is 3.58. The molecule has 3 aliphatic carbocycles. The van der Waals surface area contributed by atoms with E-state index in [4.69, 9.17) is 0 Å². The van der Waals surface area contributed by atoms with Gasteiger partial charge in [0.1, 0.15) is 6.04 Å². The van der Waals surface area contributed by atoms with Crippen LogP contribution >= 0.6 is 11.8 Å². The van der Waals surface area contributed by atoms with Gasteiger partial charge in [-0.2, -0.15) is 0 Å². The van der Waals surface area contributed by atoms with Crippen LogP contribution < -0.4 is 0 Å². The van der Waals surface area contributed by atoms with Crippen molar-refractivity contribution in [1.82, 2.24) is 4.90 Å². The zero-order chi connectivity index (χ0) is 19.4. The van der Waals surface area contributed by atoms with Crippen LogP contribution in [0.5, 0.6) is 0 Å². The van der Waals surface area contributed by atoms with E-state index in [-0.39, 0.29) is 23.1 Å². The van der Waals surface area contributed by atoms with Crippen molar-refractivity contribution < 1.29 is 14.7 Å². The fourth-order valence-electron chi connectivity index (χ4n) is 6.48.